The number of nitrogens with zero attached hydrogens (tertiary/aromatic N) is 1. The van der Waals surface area contributed by atoms with Crippen molar-refractivity contribution in [2.24, 2.45) is 0 Å². The maximum Gasteiger partial charge on any atom is 0.329 e. The monoisotopic (exact) mass is 313 g/mol. The normalized spacial score (nSPS) is 19.0. The summed E-state index contributed by atoms with van der Waals surface area (Å²) in [6.45, 7) is 3.71. The van der Waals surface area contributed by atoms with E-state index in [9.17, 15) is 14.4 Å². The molecule has 6 nitrogen and oxygen atoms in total. The second kappa shape index (κ2) is 5.87. The molecule has 2 aliphatic rings. The van der Waals surface area contributed by atoms with E-state index in [2.05, 4.69) is 17.2 Å². The van der Waals surface area contributed by atoms with Gasteiger partial charge in [-0.05, 0) is 36.6 Å². The van der Waals surface area contributed by atoms with Crippen LogP contribution in [-0.2, 0) is 16.1 Å². The number of hydrogen-bond donors (Lipinski definition) is 2. The fourth-order valence-corrected chi connectivity index (χ4v) is 3.24. The van der Waals surface area contributed by atoms with E-state index in [4.69, 9.17) is 0 Å². The van der Waals surface area contributed by atoms with Crippen LogP contribution >= 0.6 is 0 Å². The van der Waals surface area contributed by atoms with E-state index in [0.29, 0.717) is 25.1 Å². The molecule has 1 aliphatic heterocycles. The number of imide groups is 1. The van der Waals surface area contributed by atoms with Crippen LogP contribution < -0.4 is 15.5 Å². The van der Waals surface area contributed by atoms with Gasteiger partial charge in [0.2, 0.25) is 5.91 Å². The molecule has 6 heteroatoms. The van der Waals surface area contributed by atoms with Gasteiger partial charge in [-0.3, -0.25) is 9.59 Å². The van der Waals surface area contributed by atoms with Gasteiger partial charge in [0.15, 0.2) is 0 Å². The lowest BCUT2D eigenvalue weighted by Crippen LogP contribution is -2.44. The molecule has 1 saturated carbocycles. The van der Waals surface area contributed by atoms with Crippen LogP contribution in [0.3, 0.4) is 0 Å². The first-order valence-corrected chi connectivity index (χ1v) is 7.72. The zero-order valence-electron chi connectivity index (χ0n) is 12.8. The quantitative estimate of drug-likeness (QED) is 0.658. The predicted molar refractivity (Wildman–Crippen MR) is 85.7 cm³/mol. The highest BCUT2D eigenvalue weighted by atomic mass is 16.2. The zero-order chi connectivity index (χ0) is 16.4. The highest BCUT2D eigenvalue weighted by Gasteiger charge is 2.52. The minimum atomic E-state index is -0.718. The van der Waals surface area contributed by atoms with Gasteiger partial charge in [0.25, 0.3) is 5.91 Å². The fourth-order valence-electron chi connectivity index (χ4n) is 3.24. The van der Waals surface area contributed by atoms with Crippen LogP contribution in [0.15, 0.2) is 36.9 Å². The highest BCUT2D eigenvalue weighted by molar-refractivity contribution is 6.23. The molecule has 2 N–H and O–H groups in total. The second-order valence-electron chi connectivity index (χ2n) is 5.95. The van der Waals surface area contributed by atoms with Gasteiger partial charge in [-0.25, -0.2) is 9.69 Å². The summed E-state index contributed by atoms with van der Waals surface area (Å²) >= 11 is 0. The molecule has 0 aromatic heterocycles. The van der Waals surface area contributed by atoms with E-state index in [0.717, 1.165) is 18.4 Å². The van der Waals surface area contributed by atoms with Crippen molar-refractivity contribution in [3.05, 3.63) is 42.5 Å². The van der Waals surface area contributed by atoms with Crippen LogP contribution in [0.25, 0.3) is 0 Å². The molecular weight excluding hydrogens is 294 g/mol. The van der Waals surface area contributed by atoms with Gasteiger partial charge in [0, 0.05) is 6.54 Å². The molecule has 1 spiro atoms. The summed E-state index contributed by atoms with van der Waals surface area (Å²) in [5.41, 5.74) is 0.622. The summed E-state index contributed by atoms with van der Waals surface area (Å²) in [7, 11) is 0. The molecule has 1 aromatic carbocycles. The van der Waals surface area contributed by atoms with Crippen molar-refractivity contribution in [1.82, 2.24) is 10.6 Å². The Hall–Kier alpha value is -2.63. The van der Waals surface area contributed by atoms with Gasteiger partial charge < -0.3 is 10.6 Å². The Morgan fingerprint density at radius 2 is 2.09 bits per heavy atom. The Bertz CT molecular complexity index is 677. The third-order valence-electron chi connectivity index (χ3n) is 4.44. The first kappa shape index (κ1) is 15.3. The minimum absolute atomic E-state index is 0.174. The molecule has 0 radical (unpaired) electrons. The van der Waals surface area contributed by atoms with E-state index in [1.54, 1.807) is 18.2 Å². The lowest BCUT2D eigenvalue weighted by molar-refractivity contribution is -0.122. The average molecular weight is 313 g/mol. The van der Waals surface area contributed by atoms with E-state index in [-0.39, 0.29) is 17.8 Å². The van der Waals surface area contributed by atoms with Crippen molar-refractivity contribution in [1.29, 1.82) is 0 Å². The Morgan fingerprint density at radius 3 is 2.78 bits per heavy atom. The average Bonchev–Trinajstić information content (AvgIpc) is 3.11. The Morgan fingerprint density at radius 1 is 1.35 bits per heavy atom. The van der Waals surface area contributed by atoms with Gasteiger partial charge in [-0.1, -0.05) is 31.6 Å². The second-order valence-corrected chi connectivity index (χ2v) is 5.95. The lowest BCUT2D eigenvalue weighted by atomic mass is 9.98. The number of nitrogens with one attached hydrogen (secondary N) is 2. The number of anilines is 1. The first-order chi connectivity index (χ1) is 11.1. The molecule has 4 amide bonds. The van der Waals surface area contributed by atoms with Crippen molar-refractivity contribution in [2.75, 3.05) is 4.90 Å². The minimum Gasteiger partial charge on any atom is -0.348 e. The van der Waals surface area contributed by atoms with Crippen LogP contribution in [-0.4, -0.2) is 23.4 Å². The highest BCUT2D eigenvalue weighted by Crippen LogP contribution is 2.37. The molecule has 1 aromatic rings. The molecule has 1 heterocycles. The Balaban J connectivity index is 1.81. The van der Waals surface area contributed by atoms with E-state index in [1.807, 2.05) is 6.07 Å². The maximum absolute atomic E-state index is 12.7. The summed E-state index contributed by atoms with van der Waals surface area (Å²) in [4.78, 5) is 37.5. The summed E-state index contributed by atoms with van der Waals surface area (Å²) in [6, 6.07) is 6.70. The third-order valence-corrected chi connectivity index (χ3v) is 4.44. The summed E-state index contributed by atoms with van der Waals surface area (Å²) in [5.74, 6) is -0.442. The molecule has 0 unspecified atom stereocenters. The maximum atomic E-state index is 12.7. The molecule has 0 atom stereocenters. The van der Waals surface area contributed by atoms with Crippen LogP contribution in [0.1, 0.15) is 31.2 Å². The predicted octanol–water partition coefficient (Wildman–Crippen LogP) is 1.86. The van der Waals surface area contributed by atoms with Crippen LogP contribution in [0.2, 0.25) is 0 Å². The largest absolute Gasteiger partial charge is 0.348 e. The van der Waals surface area contributed by atoms with Crippen molar-refractivity contribution in [3.8, 4) is 0 Å². The third kappa shape index (κ3) is 2.72. The zero-order valence-corrected chi connectivity index (χ0v) is 12.8. The number of benzene rings is 1. The van der Waals surface area contributed by atoms with Gasteiger partial charge in [-0.15, -0.1) is 0 Å². The molecule has 2 fully saturated rings. The molecule has 23 heavy (non-hydrogen) atoms. The van der Waals surface area contributed by atoms with Crippen LogP contribution in [0.5, 0.6) is 0 Å². The number of carbonyl (C=O) groups excluding carboxylic acids is 3. The summed E-state index contributed by atoms with van der Waals surface area (Å²) in [5, 5.41) is 5.54. The molecule has 120 valence electrons. The Labute approximate surface area is 134 Å². The van der Waals surface area contributed by atoms with E-state index >= 15 is 0 Å². The number of urea groups is 1. The van der Waals surface area contributed by atoms with Crippen molar-refractivity contribution >= 4 is 23.5 Å². The van der Waals surface area contributed by atoms with Gasteiger partial charge >= 0.3 is 6.03 Å². The standard InChI is InChI=1S/C17H19N3O3/c1-2-14(21)18-11-12-6-5-7-13(10-12)20-15(22)17(19-16(20)23)8-3-4-9-17/h2,5-7,10H,1,3-4,8-9,11H2,(H,18,21)(H,19,23). The van der Waals surface area contributed by atoms with Crippen molar-refractivity contribution in [2.45, 2.75) is 37.8 Å². The molecular formula is C17H19N3O3. The van der Waals surface area contributed by atoms with Gasteiger partial charge in [-0.2, -0.15) is 0 Å². The van der Waals surface area contributed by atoms with Crippen molar-refractivity contribution in [3.63, 3.8) is 0 Å². The Kier molecular flexibility index (Phi) is 3.90. The van der Waals surface area contributed by atoms with E-state index in [1.165, 1.54) is 11.0 Å². The molecule has 0 bridgehead atoms. The van der Waals surface area contributed by atoms with Gasteiger partial charge in [0.1, 0.15) is 5.54 Å². The van der Waals surface area contributed by atoms with Gasteiger partial charge in [0.05, 0.1) is 5.69 Å². The topological polar surface area (TPSA) is 78.5 Å². The smallest absolute Gasteiger partial charge is 0.329 e. The molecule has 3 rings (SSSR count). The number of hydrogen-bond acceptors (Lipinski definition) is 3. The summed E-state index contributed by atoms with van der Waals surface area (Å²) < 4.78 is 0. The fraction of sp³-hybridized carbons (Fsp3) is 0.353. The van der Waals surface area contributed by atoms with Crippen molar-refractivity contribution < 1.29 is 14.4 Å². The van der Waals surface area contributed by atoms with Crippen LogP contribution in [0.4, 0.5) is 10.5 Å². The lowest BCUT2D eigenvalue weighted by Gasteiger charge is -2.20. The number of carbonyl (C=O) groups is 3. The van der Waals surface area contributed by atoms with E-state index < -0.39 is 5.54 Å². The number of rotatable bonds is 4. The number of amides is 4. The molecule has 1 aliphatic carbocycles. The first-order valence-electron chi connectivity index (χ1n) is 7.72. The van der Waals surface area contributed by atoms with Crippen LogP contribution in [0, 0.1) is 0 Å². The SMILES string of the molecule is C=CC(=O)NCc1cccc(N2C(=O)NC3(CCCC3)C2=O)c1. The summed E-state index contributed by atoms with van der Waals surface area (Å²) in [6.07, 6.45) is 4.50. The molecule has 1 saturated heterocycles.